The first kappa shape index (κ1) is 16.9. The van der Waals surface area contributed by atoms with Gasteiger partial charge >= 0.3 is 0 Å². The molecular weight excluding hydrogens is 480 g/mol. The number of aryl methyl sites for hydroxylation is 2. The zero-order valence-corrected chi connectivity index (χ0v) is 21.2. The molecule has 1 saturated heterocycles. The molecule has 196 valence electrons. The highest BCUT2D eigenvalue weighted by molar-refractivity contribution is 7.89. The maximum absolute atomic E-state index is 13.4. The molecule has 0 bridgehead atoms. The lowest BCUT2D eigenvalue weighted by atomic mass is 10.1. The smallest absolute Gasteiger partial charge is 0.277 e. The molecule has 0 spiro atoms. The summed E-state index contributed by atoms with van der Waals surface area (Å²) in [5, 5.41) is 3.94. The van der Waals surface area contributed by atoms with E-state index in [2.05, 4.69) is 19.8 Å². The molecule has 0 saturated carbocycles. The predicted molar refractivity (Wildman–Crippen MR) is 140 cm³/mol. The van der Waals surface area contributed by atoms with Gasteiger partial charge in [0.2, 0.25) is 10.0 Å². The van der Waals surface area contributed by atoms with E-state index in [1.165, 1.54) is 25.2 Å². The Bertz CT molecular complexity index is 1740. The van der Waals surface area contributed by atoms with Gasteiger partial charge in [0, 0.05) is 32.0 Å². The quantitative estimate of drug-likeness (QED) is 0.395. The van der Waals surface area contributed by atoms with Crippen LogP contribution in [-0.2, 0) is 23.4 Å². The van der Waals surface area contributed by atoms with Crippen molar-refractivity contribution in [1.82, 2.24) is 29.4 Å². The first-order valence-electron chi connectivity index (χ1n) is 16.1. The molecule has 1 fully saturated rings. The van der Waals surface area contributed by atoms with Crippen molar-refractivity contribution in [3.8, 4) is 17.1 Å². The number of aromatic amines is 1. The molecule has 1 atom stereocenters. The van der Waals surface area contributed by atoms with Gasteiger partial charge in [0.15, 0.2) is 5.52 Å². The number of fused-ring (bicyclic) bond motifs is 1. The number of benzene rings is 1. The summed E-state index contributed by atoms with van der Waals surface area (Å²) in [5.74, 6) is -0.148. The van der Waals surface area contributed by atoms with Crippen LogP contribution in [0.15, 0.2) is 27.9 Å². The second-order valence-corrected chi connectivity index (χ2v) is 10.3. The number of hydrogen-bond acceptors (Lipinski definition) is 7. The molecule has 2 N–H and O–H groups in total. The van der Waals surface area contributed by atoms with Gasteiger partial charge in [-0.1, -0.05) is 20.1 Å². The summed E-state index contributed by atoms with van der Waals surface area (Å²) in [6.07, 6.45) is -6.57. The Morgan fingerprint density at radius 2 is 2.19 bits per heavy atom. The summed E-state index contributed by atoms with van der Waals surface area (Å²) >= 11 is 0. The van der Waals surface area contributed by atoms with Crippen molar-refractivity contribution in [1.29, 1.82) is 0 Å². The lowest BCUT2D eigenvalue weighted by molar-refractivity contribution is 0.297. The zero-order valence-electron chi connectivity index (χ0n) is 29.4. The molecular formula is C25H36N6O4S. The number of H-pyrrole nitrogens is 1. The Labute approximate surface area is 224 Å². The van der Waals surface area contributed by atoms with Crippen molar-refractivity contribution in [2.45, 2.75) is 63.1 Å². The molecule has 1 aliphatic heterocycles. The summed E-state index contributed by atoms with van der Waals surface area (Å²) in [6.45, 7) is -1.14. The fourth-order valence-corrected chi connectivity index (χ4v) is 5.12. The number of ether oxygens (including phenoxy) is 1. The van der Waals surface area contributed by atoms with Crippen LogP contribution < -0.4 is 15.0 Å². The van der Waals surface area contributed by atoms with Gasteiger partial charge in [-0.3, -0.25) is 9.48 Å². The summed E-state index contributed by atoms with van der Waals surface area (Å²) in [5.41, 5.74) is -2.26. The number of sulfonamides is 1. The van der Waals surface area contributed by atoms with E-state index >= 15 is 0 Å². The molecule has 36 heavy (non-hydrogen) atoms. The van der Waals surface area contributed by atoms with E-state index in [4.69, 9.17) is 17.1 Å². The van der Waals surface area contributed by atoms with E-state index in [9.17, 15) is 13.2 Å². The van der Waals surface area contributed by atoms with Gasteiger partial charge in [-0.15, -0.1) is 0 Å². The Hall–Kier alpha value is -2.76. The SMILES string of the molecule is [2H]C([2H])(CNS(=O)(=O)c1ccc(OCCC)c(-c2nc3c(C([2H])([2H])C([2H])([2H])C([2H])([2H])[2H])nn(C)c3c(=O)[nH]2)c1)C1CCCN1C. The molecule has 0 amide bonds. The highest BCUT2D eigenvalue weighted by Crippen LogP contribution is 2.31. The van der Waals surface area contributed by atoms with Crippen molar-refractivity contribution in [3.63, 3.8) is 0 Å². The molecule has 4 rings (SSSR count). The van der Waals surface area contributed by atoms with Crippen LogP contribution in [-0.4, -0.2) is 65.9 Å². The first-order chi connectivity index (χ1) is 20.7. The molecule has 10 nitrogen and oxygen atoms in total. The van der Waals surface area contributed by atoms with Crippen LogP contribution in [0.2, 0.25) is 0 Å². The number of likely N-dealkylation sites (tertiary alicyclic amines) is 1. The molecule has 0 aliphatic carbocycles. The number of aromatic nitrogens is 4. The van der Waals surface area contributed by atoms with Crippen LogP contribution >= 0.6 is 0 Å². The van der Waals surface area contributed by atoms with Crippen LogP contribution in [0.4, 0.5) is 0 Å². The summed E-state index contributed by atoms with van der Waals surface area (Å²) in [7, 11) is -1.22. The van der Waals surface area contributed by atoms with Gasteiger partial charge in [-0.25, -0.2) is 18.1 Å². The third kappa shape index (κ3) is 5.47. The van der Waals surface area contributed by atoms with Crippen molar-refractivity contribution < 1.29 is 25.5 Å². The van der Waals surface area contributed by atoms with Crippen LogP contribution in [0.1, 0.15) is 63.8 Å². The Balaban J connectivity index is 1.83. The van der Waals surface area contributed by atoms with Crippen molar-refractivity contribution in [2.24, 2.45) is 7.05 Å². The molecule has 11 heteroatoms. The van der Waals surface area contributed by atoms with E-state index in [1.54, 1.807) is 7.05 Å². The first-order valence-corrected chi connectivity index (χ1v) is 13.1. The monoisotopic (exact) mass is 525 g/mol. The van der Waals surface area contributed by atoms with E-state index in [-0.39, 0.29) is 34.2 Å². The summed E-state index contributed by atoms with van der Waals surface area (Å²) in [4.78, 5) is 21.7. The third-order valence-corrected chi connectivity index (χ3v) is 7.37. The van der Waals surface area contributed by atoms with Crippen LogP contribution in [0, 0.1) is 0 Å². The highest BCUT2D eigenvalue weighted by atomic mass is 32.2. The minimum atomic E-state index is -4.30. The fourth-order valence-electron chi connectivity index (χ4n) is 4.16. The van der Waals surface area contributed by atoms with Gasteiger partial charge < -0.3 is 14.6 Å². The molecule has 3 aromatic rings. The van der Waals surface area contributed by atoms with Gasteiger partial charge in [0.05, 0.1) is 22.8 Å². The average Bonchev–Trinajstić information content (AvgIpc) is 3.53. The maximum atomic E-state index is 13.4. The topological polar surface area (TPSA) is 122 Å². The second-order valence-electron chi connectivity index (χ2n) is 8.51. The van der Waals surface area contributed by atoms with Gasteiger partial charge in [0.1, 0.15) is 17.1 Å². The van der Waals surface area contributed by atoms with Crippen molar-refractivity contribution in [2.75, 3.05) is 26.7 Å². The molecule has 3 heterocycles. The molecule has 1 aliphatic rings. The lowest BCUT2D eigenvalue weighted by Gasteiger charge is -2.19. The molecule has 1 unspecified atom stereocenters. The number of nitrogens with zero attached hydrogens (tertiary/aromatic N) is 4. The highest BCUT2D eigenvalue weighted by Gasteiger charge is 2.23. The Morgan fingerprint density at radius 1 is 1.36 bits per heavy atom. The minimum absolute atomic E-state index is 0.0157. The van der Waals surface area contributed by atoms with Gasteiger partial charge in [0.25, 0.3) is 5.56 Å². The van der Waals surface area contributed by atoms with E-state index in [1.807, 2.05) is 11.8 Å². The van der Waals surface area contributed by atoms with Crippen molar-refractivity contribution in [3.05, 3.63) is 34.2 Å². The fraction of sp³-hybridized carbons (Fsp3) is 0.560. The maximum Gasteiger partial charge on any atom is 0.277 e. The zero-order chi connectivity index (χ0) is 33.8. The summed E-state index contributed by atoms with van der Waals surface area (Å²) in [6, 6.07) is 3.30. The van der Waals surface area contributed by atoms with E-state index < -0.39 is 65.4 Å². The van der Waals surface area contributed by atoms with Crippen LogP contribution in [0.3, 0.4) is 0 Å². The standard InChI is InChI=1S/C25H36N6O4S/c1-5-8-20-22-23(31(4)29-20)25(32)28-24(27-22)19-16-18(10-11-21(19)35-15-6-2)36(33,34)26-13-12-17-9-7-14-30(17)3/h10-11,16-17,26H,5-9,12-15H2,1-4H3,(H,27,28,32)/i1D3,5D2,8D2,12D2. The Kier molecular flexibility index (Phi) is 5.21. The van der Waals surface area contributed by atoms with E-state index in [0.29, 0.717) is 19.4 Å². The van der Waals surface area contributed by atoms with E-state index in [0.717, 1.165) is 11.1 Å². The van der Waals surface area contributed by atoms with Crippen molar-refractivity contribution >= 4 is 21.1 Å². The molecule has 1 aromatic carbocycles. The lowest BCUT2D eigenvalue weighted by Crippen LogP contribution is -2.31. The van der Waals surface area contributed by atoms with Gasteiger partial charge in [-0.2, -0.15) is 5.10 Å². The second kappa shape index (κ2) is 11.1. The van der Waals surface area contributed by atoms with Crippen LogP contribution in [0.25, 0.3) is 22.4 Å². The normalized spacial score (nSPS) is 22.0. The number of rotatable bonds is 11. The largest absolute Gasteiger partial charge is 0.493 e. The third-order valence-electron chi connectivity index (χ3n) is 5.97. The number of hydrogen-bond donors (Lipinski definition) is 2. The molecule has 2 aromatic heterocycles. The minimum Gasteiger partial charge on any atom is -0.493 e. The average molecular weight is 526 g/mol. The Morgan fingerprint density at radius 3 is 2.92 bits per heavy atom. The summed E-state index contributed by atoms with van der Waals surface area (Å²) < 4.78 is 109. The van der Waals surface area contributed by atoms with Crippen LogP contribution in [0.5, 0.6) is 5.75 Å². The number of nitrogens with one attached hydrogen (secondary N) is 2. The van der Waals surface area contributed by atoms with Gasteiger partial charge in [-0.05, 0) is 63.8 Å². The molecule has 0 radical (unpaired) electrons. The predicted octanol–water partition coefficient (Wildman–Crippen LogP) is 2.83.